The summed E-state index contributed by atoms with van der Waals surface area (Å²) >= 11 is 12.2. The van der Waals surface area contributed by atoms with Crippen molar-refractivity contribution in [3.63, 3.8) is 0 Å². The number of carbonyl (C=O) groups excluding carboxylic acids is 1. The summed E-state index contributed by atoms with van der Waals surface area (Å²) in [5.74, 6) is 0.774. The molecule has 1 aliphatic rings. The van der Waals surface area contributed by atoms with Gasteiger partial charge in [-0.2, -0.15) is 5.10 Å². The van der Waals surface area contributed by atoms with Crippen molar-refractivity contribution < 1.29 is 9.53 Å². The molecule has 0 atom stereocenters. The highest BCUT2D eigenvalue weighted by molar-refractivity contribution is 6.37. The normalized spacial score (nSPS) is 15.3. The largest absolute Gasteiger partial charge is 0.494 e. The lowest BCUT2D eigenvalue weighted by Crippen LogP contribution is -2.20. The van der Waals surface area contributed by atoms with E-state index in [9.17, 15) is 4.79 Å². The third-order valence-electron chi connectivity index (χ3n) is 4.30. The van der Waals surface area contributed by atoms with Gasteiger partial charge in [0.15, 0.2) is 5.75 Å². The molecule has 0 saturated heterocycles. The monoisotopic (exact) mass is 367 g/mol. The first-order valence-electron chi connectivity index (χ1n) is 7.98. The Kier molecular flexibility index (Phi) is 5.31. The van der Waals surface area contributed by atoms with E-state index in [4.69, 9.17) is 27.9 Å². The summed E-state index contributed by atoms with van der Waals surface area (Å²) in [6, 6.07) is 5.23. The van der Waals surface area contributed by atoms with Crippen molar-refractivity contribution in [3.05, 3.63) is 40.0 Å². The summed E-state index contributed by atoms with van der Waals surface area (Å²) in [4.78, 5) is 12.5. The van der Waals surface area contributed by atoms with E-state index in [0.717, 1.165) is 12.8 Å². The number of rotatable bonds is 4. The highest BCUT2D eigenvalue weighted by Gasteiger charge is 2.20. The number of halogens is 2. The molecule has 1 aromatic heterocycles. The number of nitrogens with zero attached hydrogens (tertiary/aromatic N) is 2. The highest BCUT2D eigenvalue weighted by atomic mass is 35.5. The van der Waals surface area contributed by atoms with E-state index in [1.54, 1.807) is 24.4 Å². The molecule has 0 bridgehead atoms. The van der Waals surface area contributed by atoms with Crippen molar-refractivity contribution in [1.29, 1.82) is 0 Å². The number of benzene rings is 1. The summed E-state index contributed by atoms with van der Waals surface area (Å²) in [6.45, 7) is 0. The van der Waals surface area contributed by atoms with E-state index in [2.05, 4.69) is 10.4 Å². The van der Waals surface area contributed by atoms with Gasteiger partial charge < -0.3 is 10.1 Å². The molecule has 1 heterocycles. The molecule has 3 rings (SSSR count). The predicted molar refractivity (Wildman–Crippen MR) is 95.3 cm³/mol. The number of methoxy groups -OCH3 is 1. The van der Waals surface area contributed by atoms with Crippen LogP contribution in [-0.4, -0.2) is 22.8 Å². The van der Waals surface area contributed by atoms with Gasteiger partial charge in [-0.25, -0.2) is 4.68 Å². The number of nitrogens with one attached hydrogen (secondary N) is 1. The van der Waals surface area contributed by atoms with Crippen molar-refractivity contribution >= 4 is 34.9 Å². The van der Waals surface area contributed by atoms with Crippen LogP contribution in [0.4, 0.5) is 5.82 Å². The molecule has 0 unspecified atom stereocenters. The van der Waals surface area contributed by atoms with Crippen molar-refractivity contribution in [1.82, 2.24) is 9.78 Å². The minimum atomic E-state index is -0.279. The standard InChI is InChI=1S/C17H19Cl2N3O2/c1-24-16-13(18)9-11(10-14(16)19)17(23)21-15-7-8-20-22(15)12-5-3-2-4-6-12/h7-10,12H,2-6H2,1H3,(H,21,23). The third-order valence-corrected chi connectivity index (χ3v) is 4.86. The number of ether oxygens (including phenoxy) is 1. The zero-order valence-electron chi connectivity index (χ0n) is 13.4. The minimum absolute atomic E-state index is 0.279. The second kappa shape index (κ2) is 7.45. The molecule has 1 aliphatic carbocycles. The van der Waals surface area contributed by atoms with E-state index in [-0.39, 0.29) is 5.91 Å². The SMILES string of the molecule is COc1c(Cl)cc(C(=O)Nc2ccnn2C2CCCCC2)cc1Cl. The van der Waals surface area contributed by atoms with Crippen LogP contribution in [0, 0.1) is 0 Å². The van der Waals surface area contributed by atoms with Crippen LogP contribution < -0.4 is 10.1 Å². The second-order valence-electron chi connectivity index (χ2n) is 5.88. The lowest BCUT2D eigenvalue weighted by Gasteiger charge is -2.24. The van der Waals surface area contributed by atoms with Gasteiger partial charge in [-0.05, 0) is 25.0 Å². The van der Waals surface area contributed by atoms with E-state index >= 15 is 0 Å². The number of amides is 1. The minimum Gasteiger partial charge on any atom is -0.494 e. The first kappa shape index (κ1) is 17.1. The van der Waals surface area contributed by atoms with Gasteiger partial charge in [-0.15, -0.1) is 0 Å². The van der Waals surface area contributed by atoms with Crippen molar-refractivity contribution in [3.8, 4) is 5.75 Å². The Balaban J connectivity index is 1.79. The number of aromatic nitrogens is 2. The molecule has 1 amide bonds. The summed E-state index contributed by atoms with van der Waals surface area (Å²) in [5, 5.41) is 7.88. The molecular weight excluding hydrogens is 349 g/mol. The van der Waals surface area contributed by atoms with Gasteiger partial charge in [0, 0.05) is 11.6 Å². The van der Waals surface area contributed by atoms with Crippen LogP contribution in [0.5, 0.6) is 5.75 Å². The molecule has 0 aliphatic heterocycles. The average molecular weight is 368 g/mol. The van der Waals surface area contributed by atoms with Gasteiger partial charge >= 0.3 is 0 Å². The van der Waals surface area contributed by atoms with Crippen LogP contribution in [0.15, 0.2) is 24.4 Å². The fourth-order valence-electron chi connectivity index (χ4n) is 3.10. The quantitative estimate of drug-likeness (QED) is 0.830. The fraction of sp³-hybridized carbons (Fsp3) is 0.412. The van der Waals surface area contributed by atoms with Gasteiger partial charge in [0.2, 0.25) is 0 Å². The zero-order chi connectivity index (χ0) is 17.1. The summed E-state index contributed by atoms with van der Waals surface area (Å²) < 4.78 is 7.01. The van der Waals surface area contributed by atoms with Crippen molar-refractivity contribution in [2.75, 3.05) is 12.4 Å². The number of carbonyl (C=O) groups is 1. The highest BCUT2D eigenvalue weighted by Crippen LogP contribution is 2.34. The van der Waals surface area contributed by atoms with Crippen LogP contribution >= 0.6 is 23.2 Å². The Bertz CT molecular complexity index is 716. The number of hydrogen-bond acceptors (Lipinski definition) is 3. The summed E-state index contributed by atoms with van der Waals surface area (Å²) in [6.07, 6.45) is 7.54. The lowest BCUT2D eigenvalue weighted by molar-refractivity contribution is 0.102. The van der Waals surface area contributed by atoms with Gasteiger partial charge in [0.25, 0.3) is 5.91 Å². The topological polar surface area (TPSA) is 56.1 Å². The molecule has 128 valence electrons. The first-order chi connectivity index (χ1) is 11.6. The lowest BCUT2D eigenvalue weighted by atomic mass is 9.96. The van der Waals surface area contributed by atoms with Crippen molar-refractivity contribution in [2.24, 2.45) is 0 Å². The van der Waals surface area contributed by atoms with Crippen molar-refractivity contribution in [2.45, 2.75) is 38.1 Å². The maximum Gasteiger partial charge on any atom is 0.256 e. The van der Waals surface area contributed by atoms with E-state index in [0.29, 0.717) is 33.2 Å². The van der Waals surface area contributed by atoms with Gasteiger partial charge in [0.05, 0.1) is 29.4 Å². The number of hydrogen-bond donors (Lipinski definition) is 1. The Morgan fingerprint density at radius 2 is 1.92 bits per heavy atom. The third kappa shape index (κ3) is 3.52. The molecule has 5 nitrogen and oxygen atoms in total. The van der Waals surface area contributed by atoms with Crippen LogP contribution in [0.1, 0.15) is 48.5 Å². The van der Waals surface area contributed by atoms with Crippen LogP contribution in [0.3, 0.4) is 0 Å². The Morgan fingerprint density at radius 3 is 2.54 bits per heavy atom. The van der Waals surface area contributed by atoms with Gasteiger partial charge in [-0.1, -0.05) is 42.5 Å². The summed E-state index contributed by atoms with van der Waals surface area (Å²) in [5.41, 5.74) is 0.377. The fourth-order valence-corrected chi connectivity index (χ4v) is 3.75. The predicted octanol–water partition coefficient (Wildman–Crippen LogP) is 4.96. The molecule has 1 aromatic carbocycles. The zero-order valence-corrected chi connectivity index (χ0v) is 14.9. The maximum atomic E-state index is 12.5. The molecular formula is C17H19Cl2N3O2. The molecule has 24 heavy (non-hydrogen) atoms. The molecule has 2 aromatic rings. The molecule has 0 radical (unpaired) electrons. The van der Waals surface area contributed by atoms with Gasteiger partial charge in [0.1, 0.15) is 5.82 Å². The first-order valence-corrected chi connectivity index (χ1v) is 8.73. The average Bonchev–Trinajstić information content (AvgIpc) is 3.03. The maximum absolute atomic E-state index is 12.5. The van der Waals surface area contributed by atoms with E-state index < -0.39 is 0 Å². The molecule has 1 saturated carbocycles. The molecule has 1 fully saturated rings. The van der Waals surface area contributed by atoms with E-state index in [1.807, 2.05) is 4.68 Å². The molecule has 0 spiro atoms. The Morgan fingerprint density at radius 1 is 1.25 bits per heavy atom. The van der Waals surface area contributed by atoms with E-state index in [1.165, 1.54) is 26.4 Å². The van der Waals surface area contributed by atoms with Gasteiger partial charge in [-0.3, -0.25) is 4.79 Å². The Hall–Kier alpha value is -1.72. The van der Waals surface area contributed by atoms with Crippen LogP contribution in [-0.2, 0) is 0 Å². The smallest absolute Gasteiger partial charge is 0.256 e. The summed E-state index contributed by atoms with van der Waals surface area (Å²) in [7, 11) is 1.48. The number of anilines is 1. The second-order valence-corrected chi connectivity index (χ2v) is 6.69. The Labute approximate surface area is 150 Å². The molecule has 7 heteroatoms. The van der Waals surface area contributed by atoms with Crippen LogP contribution in [0.25, 0.3) is 0 Å². The molecule has 1 N–H and O–H groups in total. The van der Waals surface area contributed by atoms with Crippen LogP contribution in [0.2, 0.25) is 10.0 Å².